The van der Waals surface area contributed by atoms with Crippen LogP contribution in [0.25, 0.3) is 10.9 Å². The van der Waals surface area contributed by atoms with E-state index in [-0.39, 0.29) is 12.5 Å². The highest BCUT2D eigenvalue weighted by Crippen LogP contribution is 2.40. The van der Waals surface area contributed by atoms with Gasteiger partial charge in [-0.15, -0.1) is 0 Å². The molecule has 4 aromatic rings. The van der Waals surface area contributed by atoms with Gasteiger partial charge in [0.15, 0.2) is 0 Å². The van der Waals surface area contributed by atoms with Crippen molar-refractivity contribution >= 4 is 16.9 Å². The average molecular weight is 485 g/mol. The predicted molar refractivity (Wildman–Crippen MR) is 136 cm³/mol. The summed E-state index contributed by atoms with van der Waals surface area (Å²) >= 11 is 0. The Morgan fingerprint density at radius 2 is 1.78 bits per heavy atom. The molecular formula is C29H28N2O5. The lowest BCUT2D eigenvalue weighted by atomic mass is 10.0. The molecule has 1 aliphatic heterocycles. The topological polar surface area (TPSA) is 70.1 Å². The number of hydrogen-bond acceptors (Lipinski definition) is 7. The smallest absolute Gasteiger partial charge is 0.320 e. The first-order chi connectivity index (χ1) is 17.5. The van der Waals surface area contributed by atoms with E-state index in [9.17, 15) is 4.79 Å². The summed E-state index contributed by atoms with van der Waals surface area (Å²) < 4.78 is 24.0. The third kappa shape index (κ3) is 5.75. The van der Waals surface area contributed by atoms with Crippen molar-refractivity contribution in [2.75, 3.05) is 20.6 Å². The minimum absolute atomic E-state index is 0.191. The van der Waals surface area contributed by atoms with Gasteiger partial charge < -0.3 is 18.9 Å². The maximum Gasteiger partial charge on any atom is 0.320 e. The van der Waals surface area contributed by atoms with E-state index in [0.717, 1.165) is 22.2 Å². The molecule has 7 heteroatoms. The fourth-order valence-electron chi connectivity index (χ4n) is 4.10. The molecule has 0 saturated heterocycles. The van der Waals surface area contributed by atoms with Gasteiger partial charge in [-0.3, -0.25) is 9.69 Å². The van der Waals surface area contributed by atoms with Crippen molar-refractivity contribution in [1.82, 2.24) is 9.88 Å². The van der Waals surface area contributed by atoms with Gasteiger partial charge in [0.05, 0.1) is 24.2 Å². The van der Waals surface area contributed by atoms with Crippen LogP contribution >= 0.6 is 0 Å². The number of ether oxygens (including phenoxy) is 4. The van der Waals surface area contributed by atoms with E-state index in [1.807, 2.05) is 99.0 Å². The molecule has 1 aromatic heterocycles. The van der Waals surface area contributed by atoms with E-state index in [2.05, 4.69) is 4.98 Å². The van der Waals surface area contributed by atoms with Gasteiger partial charge in [-0.1, -0.05) is 42.5 Å². The molecule has 36 heavy (non-hydrogen) atoms. The second kappa shape index (κ2) is 10.7. The first-order valence-electron chi connectivity index (χ1n) is 11.9. The lowest BCUT2D eigenvalue weighted by molar-refractivity contribution is -0.155. The Hall–Kier alpha value is -4.10. The van der Waals surface area contributed by atoms with Gasteiger partial charge in [0.25, 0.3) is 0 Å². The summed E-state index contributed by atoms with van der Waals surface area (Å²) in [5, 5.41) is 1.09. The van der Waals surface area contributed by atoms with Crippen LogP contribution in [0.4, 0.5) is 0 Å². The summed E-state index contributed by atoms with van der Waals surface area (Å²) in [6, 6.07) is 27.0. The number of hydrogen-bond donors (Lipinski definition) is 0. The van der Waals surface area contributed by atoms with Gasteiger partial charge in [0.1, 0.15) is 30.0 Å². The number of esters is 1. The largest absolute Gasteiger partial charge is 0.487 e. The summed E-state index contributed by atoms with van der Waals surface area (Å²) in [5.41, 5.74) is 2.54. The van der Waals surface area contributed by atoms with Crippen LogP contribution in [-0.2, 0) is 16.1 Å². The predicted octanol–water partition coefficient (Wildman–Crippen LogP) is 5.15. The highest BCUT2D eigenvalue weighted by atomic mass is 16.7. The molecule has 0 bridgehead atoms. The van der Waals surface area contributed by atoms with E-state index in [1.165, 1.54) is 0 Å². The normalized spacial score (nSPS) is 16.8. The van der Waals surface area contributed by atoms with E-state index < -0.39 is 12.4 Å². The van der Waals surface area contributed by atoms with Gasteiger partial charge in [0, 0.05) is 17.0 Å². The van der Waals surface area contributed by atoms with Crippen LogP contribution < -0.4 is 14.2 Å². The molecule has 3 aromatic carbocycles. The molecule has 0 radical (unpaired) electrons. The third-order valence-electron chi connectivity index (χ3n) is 5.77. The van der Waals surface area contributed by atoms with Crippen molar-refractivity contribution in [2.45, 2.75) is 25.4 Å². The number of pyridine rings is 1. The number of aromatic nitrogens is 1. The van der Waals surface area contributed by atoms with Crippen LogP contribution in [0.1, 0.15) is 23.8 Å². The summed E-state index contributed by atoms with van der Waals surface area (Å²) in [6.07, 6.45) is -0.733. The summed E-state index contributed by atoms with van der Waals surface area (Å²) in [7, 11) is 3.66. The zero-order chi connectivity index (χ0) is 24.9. The fourth-order valence-corrected chi connectivity index (χ4v) is 4.10. The highest BCUT2D eigenvalue weighted by molar-refractivity contribution is 5.78. The van der Waals surface area contributed by atoms with Gasteiger partial charge in [-0.25, -0.2) is 4.98 Å². The van der Waals surface area contributed by atoms with Crippen LogP contribution in [0.3, 0.4) is 0 Å². The molecule has 0 N–H and O–H groups in total. The summed E-state index contributed by atoms with van der Waals surface area (Å²) in [5.74, 6) is 1.56. The van der Waals surface area contributed by atoms with Crippen molar-refractivity contribution in [2.24, 2.45) is 0 Å². The minimum atomic E-state index is -0.616. The molecule has 0 saturated carbocycles. The van der Waals surface area contributed by atoms with Crippen LogP contribution in [0.2, 0.25) is 0 Å². The number of rotatable bonds is 8. The van der Waals surface area contributed by atoms with Crippen molar-refractivity contribution in [3.8, 4) is 17.2 Å². The molecule has 0 spiro atoms. The van der Waals surface area contributed by atoms with E-state index in [1.54, 1.807) is 4.90 Å². The van der Waals surface area contributed by atoms with Crippen LogP contribution in [0, 0.1) is 0 Å². The maximum absolute atomic E-state index is 12.4. The zero-order valence-electron chi connectivity index (χ0n) is 20.3. The van der Waals surface area contributed by atoms with Crippen molar-refractivity contribution in [1.29, 1.82) is 0 Å². The Bertz CT molecular complexity index is 1340. The molecule has 0 aliphatic carbocycles. The first kappa shape index (κ1) is 23.6. The molecule has 2 atom stereocenters. The molecular weight excluding hydrogens is 456 g/mol. The minimum Gasteiger partial charge on any atom is -0.487 e. The van der Waals surface area contributed by atoms with Gasteiger partial charge in [-0.05, 0) is 50.5 Å². The lowest BCUT2D eigenvalue weighted by Gasteiger charge is -2.32. The lowest BCUT2D eigenvalue weighted by Crippen LogP contribution is -2.34. The molecule has 5 rings (SSSR count). The number of fused-ring (bicyclic) bond motifs is 2. The van der Waals surface area contributed by atoms with Crippen molar-refractivity contribution in [3.05, 3.63) is 96.2 Å². The highest BCUT2D eigenvalue weighted by Gasteiger charge is 2.33. The monoisotopic (exact) mass is 484 g/mol. The van der Waals surface area contributed by atoms with Gasteiger partial charge >= 0.3 is 5.97 Å². The Balaban J connectivity index is 1.34. The standard InChI is InChI=1S/C29H28N2O5/c1-31(2)18-28(32)35-27-17-29(34-22-9-4-3-5-10-22)36-26-16-23(14-15-24(26)27)33-19-21-13-12-20-8-6-7-11-25(20)30-21/h3-16,27,29H,17-19H2,1-2H3. The average Bonchev–Trinajstić information content (AvgIpc) is 2.87. The molecule has 184 valence electrons. The second-order valence-corrected chi connectivity index (χ2v) is 8.91. The number of nitrogens with zero attached hydrogens (tertiary/aromatic N) is 2. The number of benzene rings is 3. The number of likely N-dealkylation sites (N-methyl/N-ethyl adjacent to an activating group) is 1. The van der Waals surface area contributed by atoms with Gasteiger partial charge in [0.2, 0.25) is 6.29 Å². The Labute approximate surface area is 210 Å². The number of carbonyl (C=O) groups excluding carboxylic acids is 1. The summed E-state index contributed by atoms with van der Waals surface area (Å²) in [4.78, 5) is 18.9. The zero-order valence-corrected chi connectivity index (χ0v) is 20.3. The Morgan fingerprint density at radius 1 is 0.972 bits per heavy atom. The van der Waals surface area contributed by atoms with Crippen LogP contribution in [0.15, 0.2) is 84.9 Å². The first-order valence-corrected chi connectivity index (χ1v) is 11.9. The van der Waals surface area contributed by atoms with Gasteiger partial charge in [-0.2, -0.15) is 0 Å². The van der Waals surface area contributed by atoms with E-state index in [0.29, 0.717) is 30.3 Å². The second-order valence-electron chi connectivity index (χ2n) is 8.91. The fraction of sp³-hybridized carbons (Fsp3) is 0.241. The van der Waals surface area contributed by atoms with Crippen LogP contribution in [-0.4, -0.2) is 42.8 Å². The Kier molecular flexibility index (Phi) is 7.00. The number of para-hydroxylation sites is 2. The van der Waals surface area contributed by atoms with E-state index in [4.69, 9.17) is 18.9 Å². The van der Waals surface area contributed by atoms with Crippen molar-refractivity contribution < 1.29 is 23.7 Å². The molecule has 0 amide bonds. The maximum atomic E-state index is 12.4. The molecule has 0 fully saturated rings. The quantitative estimate of drug-likeness (QED) is 0.321. The van der Waals surface area contributed by atoms with Crippen LogP contribution in [0.5, 0.6) is 17.2 Å². The van der Waals surface area contributed by atoms with Crippen molar-refractivity contribution in [3.63, 3.8) is 0 Å². The third-order valence-corrected chi connectivity index (χ3v) is 5.77. The SMILES string of the molecule is CN(C)CC(=O)OC1CC(Oc2ccccc2)Oc2cc(OCc3ccc4ccccc4n3)ccc21. The summed E-state index contributed by atoms with van der Waals surface area (Å²) in [6.45, 7) is 0.506. The molecule has 1 aliphatic rings. The Morgan fingerprint density at radius 3 is 2.61 bits per heavy atom. The molecule has 7 nitrogen and oxygen atoms in total. The molecule has 2 heterocycles. The molecule has 2 unspecified atom stereocenters. The van der Waals surface area contributed by atoms with E-state index >= 15 is 0 Å². The number of carbonyl (C=O) groups is 1.